The quantitative estimate of drug-likeness (QED) is 0.683. The van der Waals surface area contributed by atoms with Gasteiger partial charge in [0.2, 0.25) is 5.91 Å². The molecule has 6 heteroatoms. The first kappa shape index (κ1) is 18.8. The molecule has 1 aromatic carbocycles. The van der Waals surface area contributed by atoms with Crippen LogP contribution in [0.2, 0.25) is 0 Å². The Morgan fingerprint density at radius 3 is 2.48 bits per heavy atom. The van der Waals surface area contributed by atoms with Gasteiger partial charge in [0.1, 0.15) is 0 Å². The number of fused-ring (bicyclic) bond motifs is 1. The van der Waals surface area contributed by atoms with E-state index in [1.54, 1.807) is 0 Å². The van der Waals surface area contributed by atoms with Crippen LogP contribution in [-0.2, 0) is 11.2 Å². The van der Waals surface area contributed by atoms with Gasteiger partial charge in [0, 0.05) is 36.4 Å². The molecule has 0 atom stereocenters. The fourth-order valence-electron chi connectivity index (χ4n) is 6.88. The van der Waals surface area contributed by atoms with Gasteiger partial charge in [-0.15, -0.1) is 0 Å². The van der Waals surface area contributed by atoms with Gasteiger partial charge < -0.3 is 21.3 Å². The number of carbonyl (C=O) groups excluding carboxylic acids is 2. The summed E-state index contributed by atoms with van der Waals surface area (Å²) in [6.45, 7) is 1.08. The van der Waals surface area contributed by atoms with Gasteiger partial charge in [-0.2, -0.15) is 0 Å². The van der Waals surface area contributed by atoms with Crippen LogP contribution in [0.1, 0.15) is 56.9 Å². The van der Waals surface area contributed by atoms with Gasteiger partial charge in [0.05, 0.1) is 0 Å². The summed E-state index contributed by atoms with van der Waals surface area (Å²) in [6, 6.07) is 5.65. The van der Waals surface area contributed by atoms with E-state index in [2.05, 4.69) is 10.6 Å². The smallest absolute Gasteiger partial charge is 0.315 e. The number of carbonyl (C=O) groups is 2. The number of hydrogen-bond acceptors (Lipinski definition) is 3. The molecule has 4 N–H and O–H groups in total. The number of anilines is 2. The first-order valence-electron chi connectivity index (χ1n) is 11.2. The van der Waals surface area contributed by atoms with E-state index in [-0.39, 0.29) is 17.5 Å². The Hall–Kier alpha value is -2.24. The molecular formula is C23H32N4O2. The van der Waals surface area contributed by atoms with Crippen LogP contribution in [-0.4, -0.2) is 30.6 Å². The topological polar surface area (TPSA) is 87.5 Å². The number of rotatable bonds is 4. The second-order valence-corrected chi connectivity index (χ2v) is 9.82. The lowest BCUT2D eigenvalue weighted by atomic mass is 9.53. The monoisotopic (exact) mass is 396 g/mol. The lowest BCUT2D eigenvalue weighted by Crippen LogP contribution is -2.61. The molecule has 1 aromatic rings. The van der Waals surface area contributed by atoms with E-state index in [1.165, 1.54) is 19.3 Å². The number of nitrogens with zero attached hydrogens (tertiary/aromatic N) is 1. The minimum atomic E-state index is -0.108. The molecule has 4 fully saturated rings. The minimum absolute atomic E-state index is 0.00613. The number of amides is 3. The molecule has 0 saturated heterocycles. The fourth-order valence-corrected chi connectivity index (χ4v) is 6.88. The maximum Gasteiger partial charge on any atom is 0.315 e. The summed E-state index contributed by atoms with van der Waals surface area (Å²) in [4.78, 5) is 27.2. The predicted molar refractivity (Wildman–Crippen MR) is 114 cm³/mol. The van der Waals surface area contributed by atoms with E-state index in [4.69, 9.17) is 5.73 Å². The summed E-state index contributed by atoms with van der Waals surface area (Å²) in [5, 5.41) is 6.25. The number of nitrogens with one attached hydrogen (secondary N) is 2. The van der Waals surface area contributed by atoms with Gasteiger partial charge >= 0.3 is 6.03 Å². The average molecular weight is 397 g/mol. The van der Waals surface area contributed by atoms with Crippen molar-refractivity contribution in [2.24, 2.45) is 17.8 Å². The molecular weight excluding hydrogens is 364 g/mol. The molecule has 6 rings (SSSR count). The van der Waals surface area contributed by atoms with Crippen molar-refractivity contribution in [2.75, 3.05) is 23.7 Å². The largest absolute Gasteiger partial charge is 0.398 e. The highest BCUT2D eigenvalue weighted by Gasteiger charge is 2.51. The zero-order chi connectivity index (χ0) is 20.0. The molecule has 4 aliphatic carbocycles. The molecule has 29 heavy (non-hydrogen) atoms. The van der Waals surface area contributed by atoms with Crippen molar-refractivity contribution in [2.45, 2.75) is 63.3 Å². The van der Waals surface area contributed by atoms with Crippen LogP contribution in [0.15, 0.2) is 18.2 Å². The van der Waals surface area contributed by atoms with Gasteiger partial charge in [-0.25, -0.2) is 4.79 Å². The predicted octanol–water partition coefficient (Wildman–Crippen LogP) is 3.21. The van der Waals surface area contributed by atoms with Crippen LogP contribution in [0.3, 0.4) is 0 Å². The van der Waals surface area contributed by atoms with Crippen molar-refractivity contribution in [3.05, 3.63) is 23.8 Å². The van der Waals surface area contributed by atoms with Crippen LogP contribution < -0.4 is 21.3 Å². The highest BCUT2D eigenvalue weighted by molar-refractivity contribution is 5.95. The molecule has 6 nitrogen and oxygen atoms in total. The van der Waals surface area contributed by atoms with Crippen LogP contribution in [0.5, 0.6) is 0 Å². The molecule has 1 aliphatic heterocycles. The van der Waals surface area contributed by atoms with Crippen molar-refractivity contribution in [3.8, 4) is 0 Å². The van der Waals surface area contributed by atoms with E-state index in [0.29, 0.717) is 13.0 Å². The maximum absolute atomic E-state index is 12.8. The summed E-state index contributed by atoms with van der Waals surface area (Å²) in [5.41, 5.74) is 8.84. The van der Waals surface area contributed by atoms with Gasteiger partial charge in [0.15, 0.2) is 0 Å². The number of nitrogens with two attached hydrogens (primary N) is 1. The van der Waals surface area contributed by atoms with Gasteiger partial charge in [-0.05, 0) is 86.8 Å². The molecule has 3 amide bonds. The highest BCUT2D eigenvalue weighted by atomic mass is 16.2. The Bertz CT molecular complexity index is 786. The summed E-state index contributed by atoms with van der Waals surface area (Å²) in [5.74, 6) is 2.45. The SMILES string of the molecule is Nc1cccc2c1CCCN2C(=O)CCNC(=O)NC12CC3CC(CC(C3)C1)C2. The van der Waals surface area contributed by atoms with Crippen molar-refractivity contribution >= 4 is 23.3 Å². The minimum Gasteiger partial charge on any atom is -0.398 e. The number of urea groups is 1. The van der Waals surface area contributed by atoms with E-state index in [9.17, 15) is 9.59 Å². The first-order chi connectivity index (χ1) is 14.0. The second-order valence-electron chi connectivity index (χ2n) is 9.82. The third-order valence-corrected chi connectivity index (χ3v) is 7.63. The second kappa shape index (κ2) is 7.22. The number of benzene rings is 1. The summed E-state index contributed by atoms with van der Waals surface area (Å²) < 4.78 is 0. The molecule has 0 spiro atoms. The molecule has 0 aromatic heterocycles. The van der Waals surface area contributed by atoms with E-state index in [1.807, 2.05) is 23.1 Å². The standard InChI is InChI=1S/C23H32N4O2/c24-19-4-1-5-20-18(19)3-2-8-27(20)21(28)6-7-25-22(29)26-23-12-15-9-16(13-23)11-17(10-15)14-23/h1,4-5,15-17H,2-3,6-14,24H2,(H2,25,26,29). The average Bonchev–Trinajstić information content (AvgIpc) is 2.66. The maximum atomic E-state index is 12.8. The van der Waals surface area contributed by atoms with Crippen molar-refractivity contribution in [3.63, 3.8) is 0 Å². The molecule has 4 bridgehead atoms. The van der Waals surface area contributed by atoms with Crippen molar-refractivity contribution in [1.29, 1.82) is 0 Å². The Balaban J connectivity index is 1.14. The van der Waals surface area contributed by atoms with E-state index >= 15 is 0 Å². The number of hydrogen-bond donors (Lipinski definition) is 3. The number of nitrogen functional groups attached to an aromatic ring is 1. The zero-order valence-corrected chi connectivity index (χ0v) is 17.1. The van der Waals surface area contributed by atoms with Crippen LogP contribution in [0.25, 0.3) is 0 Å². The van der Waals surface area contributed by atoms with Gasteiger partial charge in [-0.1, -0.05) is 6.07 Å². The van der Waals surface area contributed by atoms with Crippen molar-refractivity contribution < 1.29 is 9.59 Å². The van der Waals surface area contributed by atoms with Gasteiger partial charge in [0.25, 0.3) is 0 Å². The van der Waals surface area contributed by atoms with Crippen LogP contribution in [0, 0.1) is 17.8 Å². The van der Waals surface area contributed by atoms with E-state index < -0.39 is 0 Å². The molecule has 0 radical (unpaired) electrons. The first-order valence-corrected chi connectivity index (χ1v) is 11.2. The lowest BCUT2D eigenvalue weighted by molar-refractivity contribution is -0.118. The summed E-state index contributed by atoms with van der Waals surface area (Å²) in [7, 11) is 0. The fraction of sp³-hybridized carbons (Fsp3) is 0.652. The van der Waals surface area contributed by atoms with Gasteiger partial charge in [-0.3, -0.25) is 4.79 Å². The molecule has 0 unspecified atom stereocenters. The Kier molecular flexibility index (Phi) is 4.67. The highest BCUT2D eigenvalue weighted by Crippen LogP contribution is 2.55. The molecule has 1 heterocycles. The molecule has 5 aliphatic rings. The molecule has 4 saturated carbocycles. The van der Waals surface area contributed by atoms with Crippen molar-refractivity contribution in [1.82, 2.24) is 10.6 Å². The third kappa shape index (κ3) is 3.58. The third-order valence-electron chi connectivity index (χ3n) is 7.63. The normalized spacial score (nSPS) is 32.0. The Labute approximate surface area is 172 Å². The summed E-state index contributed by atoms with van der Waals surface area (Å²) >= 11 is 0. The molecule has 156 valence electrons. The Morgan fingerprint density at radius 1 is 1.10 bits per heavy atom. The Morgan fingerprint density at radius 2 is 1.79 bits per heavy atom. The lowest BCUT2D eigenvalue weighted by Gasteiger charge is -2.56. The summed E-state index contributed by atoms with van der Waals surface area (Å²) in [6.07, 6.45) is 9.63. The van der Waals surface area contributed by atoms with E-state index in [0.717, 1.165) is 73.3 Å². The van der Waals surface area contributed by atoms with Crippen LogP contribution >= 0.6 is 0 Å². The zero-order valence-electron chi connectivity index (χ0n) is 17.1. The van der Waals surface area contributed by atoms with Crippen LogP contribution in [0.4, 0.5) is 16.2 Å².